The zero-order valence-electron chi connectivity index (χ0n) is 14.5. The summed E-state index contributed by atoms with van der Waals surface area (Å²) >= 11 is 17.6. The number of benzene rings is 1. The quantitative estimate of drug-likeness (QED) is 0.503. The summed E-state index contributed by atoms with van der Waals surface area (Å²) in [6.07, 6.45) is 3.63. The molecule has 138 valence electrons. The van der Waals surface area contributed by atoms with E-state index in [2.05, 4.69) is 20.4 Å². The Kier molecular flexibility index (Phi) is 4.63. The fourth-order valence-electron chi connectivity index (χ4n) is 2.91. The van der Waals surface area contributed by atoms with Crippen LogP contribution in [0, 0.1) is 11.7 Å². The van der Waals surface area contributed by atoms with Crippen LogP contribution < -0.4 is 0 Å². The number of rotatable bonds is 4. The van der Waals surface area contributed by atoms with Crippen LogP contribution in [0.4, 0.5) is 0 Å². The summed E-state index contributed by atoms with van der Waals surface area (Å²) in [7, 11) is 1.87. The topological polar surface area (TPSA) is 69.2 Å². The van der Waals surface area contributed by atoms with E-state index >= 15 is 0 Å². The summed E-state index contributed by atoms with van der Waals surface area (Å²) in [4.78, 5) is 0. The second-order valence-corrected chi connectivity index (χ2v) is 7.34. The lowest BCUT2D eigenvalue weighted by atomic mass is 10.2. The first kappa shape index (κ1) is 18.0. The minimum Gasteiger partial charge on any atom is -0.266 e. The van der Waals surface area contributed by atoms with Crippen molar-refractivity contribution in [1.82, 2.24) is 34.3 Å². The second kappa shape index (κ2) is 6.95. The average molecular weight is 420 g/mol. The van der Waals surface area contributed by atoms with Crippen molar-refractivity contribution >= 4 is 35.4 Å². The molecule has 0 bridgehead atoms. The maximum absolute atomic E-state index is 6.26. The van der Waals surface area contributed by atoms with Gasteiger partial charge >= 0.3 is 0 Å². The van der Waals surface area contributed by atoms with Crippen LogP contribution >= 0.6 is 35.4 Å². The van der Waals surface area contributed by atoms with Gasteiger partial charge < -0.3 is 0 Å². The molecule has 3 heterocycles. The maximum Gasteiger partial charge on any atom is 0.200 e. The maximum atomic E-state index is 6.26. The summed E-state index contributed by atoms with van der Waals surface area (Å²) in [5.41, 5.74) is 3.48. The fraction of sp³-hybridized carbons (Fsp3) is 0.176. The zero-order valence-corrected chi connectivity index (χ0v) is 16.8. The van der Waals surface area contributed by atoms with Gasteiger partial charge in [-0.25, -0.2) is 0 Å². The Bertz CT molecular complexity index is 1180. The summed E-state index contributed by atoms with van der Waals surface area (Å²) in [5.74, 6) is 0.673. The van der Waals surface area contributed by atoms with Crippen LogP contribution in [-0.4, -0.2) is 34.3 Å². The van der Waals surface area contributed by atoms with Crippen LogP contribution in [0.25, 0.3) is 17.2 Å². The van der Waals surface area contributed by atoms with Gasteiger partial charge in [-0.1, -0.05) is 29.3 Å². The number of nitrogens with zero attached hydrogens (tertiary/aromatic N) is 6. The van der Waals surface area contributed by atoms with Crippen molar-refractivity contribution in [3.63, 3.8) is 0 Å². The van der Waals surface area contributed by atoms with Gasteiger partial charge in [-0.15, -0.1) is 0 Å². The first-order valence-corrected chi connectivity index (χ1v) is 9.24. The molecule has 0 amide bonds. The highest BCUT2D eigenvalue weighted by atomic mass is 35.5. The monoisotopic (exact) mass is 419 g/mol. The number of H-pyrrole nitrogens is 1. The predicted molar refractivity (Wildman–Crippen MR) is 107 cm³/mol. The number of nitrogens with one attached hydrogen (secondary N) is 1. The van der Waals surface area contributed by atoms with Crippen molar-refractivity contribution in [3.8, 4) is 17.2 Å². The number of aromatic nitrogens is 7. The number of hydrogen-bond donors (Lipinski definition) is 1. The van der Waals surface area contributed by atoms with E-state index in [0.717, 1.165) is 22.6 Å². The van der Waals surface area contributed by atoms with Crippen LogP contribution in [0.2, 0.25) is 10.0 Å². The van der Waals surface area contributed by atoms with Gasteiger partial charge in [0.05, 0.1) is 24.1 Å². The molecule has 3 aromatic heterocycles. The lowest BCUT2D eigenvalue weighted by molar-refractivity contribution is 0.686. The van der Waals surface area contributed by atoms with Crippen LogP contribution in [0.1, 0.15) is 11.3 Å². The Morgan fingerprint density at radius 3 is 2.74 bits per heavy atom. The molecule has 0 aliphatic rings. The SMILES string of the molecule is Cc1cc(-c2n[nH]c(=S)n2-c2cnn(Cc3ccc(Cl)cc3Cl)c2)n(C)n1. The highest BCUT2D eigenvalue weighted by molar-refractivity contribution is 7.71. The van der Waals surface area contributed by atoms with Gasteiger partial charge in [0.1, 0.15) is 5.69 Å². The molecular formula is C17H15Cl2N7S. The molecule has 0 aliphatic heterocycles. The third-order valence-electron chi connectivity index (χ3n) is 4.13. The Hall–Kier alpha value is -2.42. The Morgan fingerprint density at radius 1 is 1.22 bits per heavy atom. The second-order valence-electron chi connectivity index (χ2n) is 6.11. The van der Waals surface area contributed by atoms with E-state index in [1.807, 2.05) is 42.9 Å². The van der Waals surface area contributed by atoms with Gasteiger partial charge in [-0.3, -0.25) is 19.0 Å². The fourth-order valence-corrected chi connectivity index (χ4v) is 3.61. The minimum absolute atomic E-state index is 0.480. The zero-order chi connectivity index (χ0) is 19.1. The predicted octanol–water partition coefficient (Wildman–Crippen LogP) is 4.19. The van der Waals surface area contributed by atoms with Crippen LogP contribution in [0.15, 0.2) is 36.7 Å². The number of aromatic amines is 1. The van der Waals surface area contributed by atoms with Gasteiger partial charge in [-0.05, 0) is 42.9 Å². The molecular weight excluding hydrogens is 405 g/mol. The van der Waals surface area contributed by atoms with Gasteiger partial charge in [-0.2, -0.15) is 15.3 Å². The lowest BCUT2D eigenvalue weighted by Crippen LogP contribution is -2.02. The first-order chi connectivity index (χ1) is 12.9. The van der Waals surface area contributed by atoms with Crippen LogP contribution in [0.3, 0.4) is 0 Å². The normalized spacial score (nSPS) is 11.3. The molecule has 0 fully saturated rings. The lowest BCUT2D eigenvalue weighted by Gasteiger charge is -2.06. The van der Waals surface area contributed by atoms with E-state index in [1.54, 1.807) is 21.6 Å². The first-order valence-electron chi connectivity index (χ1n) is 8.07. The molecule has 7 nitrogen and oxygen atoms in total. The third-order valence-corrected chi connectivity index (χ3v) is 4.99. The smallest absolute Gasteiger partial charge is 0.200 e. The molecule has 0 spiro atoms. The molecule has 1 aromatic carbocycles. The molecule has 0 aliphatic carbocycles. The van der Waals surface area contributed by atoms with Crippen molar-refractivity contribution in [2.24, 2.45) is 7.05 Å². The molecule has 4 aromatic rings. The van der Waals surface area contributed by atoms with E-state index in [-0.39, 0.29) is 0 Å². The molecule has 10 heteroatoms. The van der Waals surface area contributed by atoms with E-state index in [1.165, 1.54) is 0 Å². The van der Waals surface area contributed by atoms with E-state index < -0.39 is 0 Å². The highest BCUT2D eigenvalue weighted by Gasteiger charge is 2.16. The Balaban J connectivity index is 1.71. The molecule has 0 saturated carbocycles. The van der Waals surface area contributed by atoms with Crippen LogP contribution in [0.5, 0.6) is 0 Å². The van der Waals surface area contributed by atoms with Gasteiger partial charge in [0, 0.05) is 23.3 Å². The largest absolute Gasteiger partial charge is 0.266 e. The van der Waals surface area contributed by atoms with E-state index in [9.17, 15) is 0 Å². The minimum atomic E-state index is 0.480. The van der Waals surface area contributed by atoms with E-state index in [0.29, 0.717) is 27.2 Å². The van der Waals surface area contributed by atoms with Crippen molar-refractivity contribution in [3.05, 3.63) is 62.7 Å². The van der Waals surface area contributed by atoms with Crippen molar-refractivity contribution < 1.29 is 0 Å². The van der Waals surface area contributed by atoms with Crippen LogP contribution in [-0.2, 0) is 13.6 Å². The summed E-state index contributed by atoms with van der Waals surface area (Å²) in [6, 6.07) is 7.37. The molecule has 0 saturated heterocycles. The summed E-state index contributed by atoms with van der Waals surface area (Å²) in [6.45, 7) is 2.45. The summed E-state index contributed by atoms with van der Waals surface area (Å²) in [5, 5.41) is 17.2. The van der Waals surface area contributed by atoms with Gasteiger partial charge in [0.2, 0.25) is 0 Å². The Morgan fingerprint density at radius 2 is 2.04 bits per heavy atom. The number of halogens is 2. The number of aryl methyl sites for hydroxylation is 2. The van der Waals surface area contributed by atoms with Crippen molar-refractivity contribution in [1.29, 1.82) is 0 Å². The third kappa shape index (κ3) is 3.43. The molecule has 0 radical (unpaired) electrons. The Labute approximate surface area is 170 Å². The molecule has 0 unspecified atom stereocenters. The van der Waals surface area contributed by atoms with Crippen molar-refractivity contribution in [2.45, 2.75) is 13.5 Å². The van der Waals surface area contributed by atoms with Gasteiger partial charge in [0.15, 0.2) is 10.6 Å². The van der Waals surface area contributed by atoms with E-state index in [4.69, 9.17) is 35.4 Å². The molecule has 27 heavy (non-hydrogen) atoms. The standard InChI is InChI=1S/C17H15Cl2N7S/c1-10-5-15(24(2)23-10)16-21-22-17(27)26(16)13-7-20-25(9-13)8-11-3-4-12(18)6-14(11)19/h3-7,9H,8H2,1-2H3,(H,22,27). The van der Waals surface area contributed by atoms with Crippen molar-refractivity contribution in [2.75, 3.05) is 0 Å². The molecule has 0 atom stereocenters. The summed E-state index contributed by atoms with van der Waals surface area (Å²) < 4.78 is 5.87. The average Bonchev–Trinajstić information content (AvgIpc) is 3.29. The molecule has 4 rings (SSSR count). The number of hydrogen-bond acceptors (Lipinski definition) is 4. The van der Waals surface area contributed by atoms with Gasteiger partial charge in [0.25, 0.3) is 0 Å². The highest BCUT2D eigenvalue weighted by Crippen LogP contribution is 2.24. The molecule has 1 N–H and O–H groups in total.